The van der Waals surface area contributed by atoms with E-state index in [1.54, 1.807) is 12.1 Å². The number of carbonyl (C=O) groups is 1. The minimum Gasteiger partial charge on any atom is -0.317 e. The molecule has 1 amide bonds. The molecule has 0 saturated heterocycles. The Bertz CT molecular complexity index is 884. The number of hydrogen-bond donors (Lipinski definition) is 0. The highest BCUT2D eigenvalue weighted by atomic mass is 19.1. The predicted octanol–water partition coefficient (Wildman–Crippen LogP) is 3.67. The summed E-state index contributed by atoms with van der Waals surface area (Å²) < 4.78 is 13.3. The van der Waals surface area contributed by atoms with E-state index in [2.05, 4.69) is 4.99 Å². The van der Waals surface area contributed by atoms with E-state index in [0.717, 1.165) is 11.1 Å². The molecule has 0 bridgehead atoms. The molecule has 0 N–H and O–H groups in total. The van der Waals surface area contributed by atoms with Crippen LogP contribution in [0.25, 0.3) is 0 Å². The van der Waals surface area contributed by atoms with Crippen molar-refractivity contribution in [2.45, 2.75) is 18.4 Å². The van der Waals surface area contributed by atoms with Gasteiger partial charge in [0, 0.05) is 19.0 Å². The Balaban J connectivity index is 1.75. The van der Waals surface area contributed by atoms with Crippen molar-refractivity contribution in [3.05, 3.63) is 96.0 Å². The van der Waals surface area contributed by atoms with Gasteiger partial charge in [0.2, 0.25) is 0 Å². The van der Waals surface area contributed by atoms with E-state index in [9.17, 15) is 9.18 Å². The number of amides is 1. The van der Waals surface area contributed by atoms with Crippen molar-refractivity contribution in [2.24, 2.45) is 4.99 Å². The molecular weight excluding hydrogens is 315 g/mol. The van der Waals surface area contributed by atoms with Crippen LogP contribution in [0, 0.1) is 5.82 Å². The van der Waals surface area contributed by atoms with E-state index in [0.29, 0.717) is 18.7 Å². The molecule has 4 heteroatoms. The van der Waals surface area contributed by atoms with Crippen molar-refractivity contribution in [3.8, 4) is 0 Å². The van der Waals surface area contributed by atoms with Gasteiger partial charge in [-0.05, 0) is 35.4 Å². The average molecular weight is 332 g/mol. The van der Waals surface area contributed by atoms with Gasteiger partial charge < -0.3 is 4.90 Å². The topological polar surface area (TPSA) is 32.7 Å². The molecule has 0 radical (unpaired) electrons. The van der Waals surface area contributed by atoms with Gasteiger partial charge in [0.15, 0.2) is 0 Å². The van der Waals surface area contributed by atoms with Crippen LogP contribution in [-0.4, -0.2) is 22.2 Å². The summed E-state index contributed by atoms with van der Waals surface area (Å²) >= 11 is 0. The van der Waals surface area contributed by atoms with E-state index in [-0.39, 0.29) is 11.7 Å². The maximum absolute atomic E-state index is 13.3. The normalized spacial score (nSPS) is 21.4. The summed E-state index contributed by atoms with van der Waals surface area (Å²) in [5.74, 6) is 0.216. The first kappa shape index (κ1) is 15.5. The highest BCUT2D eigenvalue weighted by molar-refractivity contribution is 6.12. The summed E-state index contributed by atoms with van der Waals surface area (Å²) in [4.78, 5) is 19.2. The molecule has 2 aromatic carbocycles. The second-order valence-corrected chi connectivity index (χ2v) is 6.34. The van der Waals surface area contributed by atoms with Crippen LogP contribution in [0.5, 0.6) is 0 Å². The van der Waals surface area contributed by atoms with Gasteiger partial charge in [0.25, 0.3) is 5.91 Å². The van der Waals surface area contributed by atoms with Crippen LogP contribution in [0.2, 0.25) is 0 Å². The molecule has 1 atom stereocenters. The first-order valence-electron chi connectivity index (χ1n) is 8.23. The number of aliphatic imine (C=N–C) groups is 1. The van der Waals surface area contributed by atoms with Crippen molar-refractivity contribution in [1.29, 1.82) is 0 Å². The zero-order chi connectivity index (χ0) is 17.3. The number of benzene rings is 2. The Morgan fingerprint density at radius 1 is 0.920 bits per heavy atom. The van der Waals surface area contributed by atoms with Crippen LogP contribution < -0.4 is 0 Å². The van der Waals surface area contributed by atoms with Crippen LogP contribution in [0.15, 0.2) is 84.0 Å². The van der Waals surface area contributed by atoms with E-state index < -0.39 is 5.54 Å². The monoisotopic (exact) mass is 332 g/mol. The number of rotatable bonds is 4. The summed E-state index contributed by atoms with van der Waals surface area (Å²) in [5.41, 5.74) is 1.15. The quantitative estimate of drug-likeness (QED) is 0.856. The number of fused-ring (bicyclic) bond motifs is 1. The van der Waals surface area contributed by atoms with E-state index in [1.807, 2.05) is 59.7 Å². The maximum atomic E-state index is 13.3. The lowest BCUT2D eigenvalue weighted by molar-refractivity contribution is -0.124. The van der Waals surface area contributed by atoms with Crippen LogP contribution in [0.3, 0.4) is 0 Å². The molecule has 0 saturated carbocycles. The van der Waals surface area contributed by atoms with Gasteiger partial charge in [-0.2, -0.15) is 4.99 Å². The smallest absolute Gasteiger partial charge is 0.274 e. The van der Waals surface area contributed by atoms with Crippen LogP contribution >= 0.6 is 0 Å². The number of amidine groups is 1. The Morgan fingerprint density at radius 2 is 1.60 bits per heavy atom. The molecule has 2 aliphatic rings. The summed E-state index contributed by atoms with van der Waals surface area (Å²) in [6.45, 7) is 0. The zero-order valence-electron chi connectivity index (χ0n) is 13.6. The molecule has 25 heavy (non-hydrogen) atoms. The highest BCUT2D eigenvalue weighted by Gasteiger charge is 2.49. The SMILES string of the molecule is O=C1N=C2C=CC=CN2C1(Cc1ccccc1)Cc1ccc(F)cc1. The van der Waals surface area contributed by atoms with Crippen LogP contribution in [0.1, 0.15) is 11.1 Å². The fourth-order valence-electron chi connectivity index (χ4n) is 3.46. The fourth-order valence-corrected chi connectivity index (χ4v) is 3.46. The molecule has 0 fully saturated rings. The summed E-state index contributed by atoms with van der Waals surface area (Å²) in [6.07, 6.45) is 8.52. The molecule has 0 aromatic heterocycles. The largest absolute Gasteiger partial charge is 0.317 e. The van der Waals surface area contributed by atoms with Gasteiger partial charge in [-0.25, -0.2) is 4.39 Å². The van der Waals surface area contributed by atoms with Crippen molar-refractivity contribution >= 4 is 11.7 Å². The Kier molecular flexibility index (Phi) is 3.80. The third kappa shape index (κ3) is 2.80. The molecule has 1 unspecified atom stereocenters. The third-order valence-corrected chi connectivity index (χ3v) is 4.66. The van der Waals surface area contributed by atoms with Gasteiger partial charge in [0.1, 0.15) is 17.2 Å². The van der Waals surface area contributed by atoms with Gasteiger partial charge in [-0.3, -0.25) is 4.79 Å². The molecule has 4 rings (SSSR count). The molecular formula is C21H17FN2O. The number of halogens is 1. The second-order valence-electron chi connectivity index (χ2n) is 6.34. The van der Waals surface area contributed by atoms with Crippen LogP contribution in [-0.2, 0) is 17.6 Å². The number of nitrogens with zero attached hydrogens (tertiary/aromatic N) is 2. The summed E-state index contributed by atoms with van der Waals surface area (Å²) in [7, 11) is 0. The minimum atomic E-state index is -0.824. The van der Waals surface area contributed by atoms with E-state index in [4.69, 9.17) is 0 Å². The molecule has 2 aromatic rings. The van der Waals surface area contributed by atoms with E-state index in [1.165, 1.54) is 12.1 Å². The maximum Gasteiger partial charge on any atom is 0.274 e. The lowest BCUT2D eigenvalue weighted by Gasteiger charge is -2.37. The summed E-state index contributed by atoms with van der Waals surface area (Å²) in [5, 5.41) is 0. The van der Waals surface area contributed by atoms with Crippen molar-refractivity contribution in [3.63, 3.8) is 0 Å². The number of hydrogen-bond acceptors (Lipinski definition) is 2. The Labute approximate surface area is 145 Å². The Hall–Kier alpha value is -3.01. The van der Waals surface area contributed by atoms with Gasteiger partial charge >= 0.3 is 0 Å². The minimum absolute atomic E-state index is 0.160. The first-order chi connectivity index (χ1) is 12.2. The second kappa shape index (κ2) is 6.13. The van der Waals surface area contributed by atoms with E-state index >= 15 is 0 Å². The molecule has 2 heterocycles. The van der Waals surface area contributed by atoms with Crippen molar-refractivity contribution in [1.82, 2.24) is 4.90 Å². The third-order valence-electron chi connectivity index (χ3n) is 4.66. The molecule has 0 spiro atoms. The Morgan fingerprint density at radius 3 is 2.32 bits per heavy atom. The fraction of sp³-hybridized carbons (Fsp3) is 0.143. The number of allylic oxidation sites excluding steroid dienone is 2. The molecule has 2 aliphatic heterocycles. The zero-order valence-corrected chi connectivity index (χ0v) is 13.6. The van der Waals surface area contributed by atoms with Gasteiger partial charge in [0.05, 0.1) is 0 Å². The predicted molar refractivity (Wildman–Crippen MR) is 95.5 cm³/mol. The highest BCUT2D eigenvalue weighted by Crippen LogP contribution is 2.34. The molecule has 3 nitrogen and oxygen atoms in total. The molecule has 124 valence electrons. The first-order valence-corrected chi connectivity index (χ1v) is 8.23. The lowest BCUT2D eigenvalue weighted by atomic mass is 9.83. The molecule has 0 aliphatic carbocycles. The van der Waals surface area contributed by atoms with Crippen molar-refractivity contribution < 1.29 is 9.18 Å². The average Bonchev–Trinajstić information content (AvgIpc) is 2.90. The van der Waals surface area contributed by atoms with Gasteiger partial charge in [-0.1, -0.05) is 48.5 Å². The number of carbonyl (C=O) groups excluding carboxylic acids is 1. The lowest BCUT2D eigenvalue weighted by Crippen LogP contribution is -2.52. The standard InChI is InChI=1S/C21H17FN2O/c22-18-11-9-17(10-12-18)15-21(14-16-6-2-1-3-7-16)20(25)23-19-8-4-5-13-24(19)21/h1-13H,14-15H2. The van der Waals surface area contributed by atoms with Crippen molar-refractivity contribution in [2.75, 3.05) is 0 Å². The summed E-state index contributed by atoms with van der Waals surface area (Å²) in [6, 6.07) is 16.2. The van der Waals surface area contributed by atoms with Gasteiger partial charge in [-0.15, -0.1) is 0 Å². The van der Waals surface area contributed by atoms with Crippen LogP contribution in [0.4, 0.5) is 4.39 Å².